The average Bonchev–Trinajstić information content (AvgIpc) is 3.06. The maximum atomic E-state index is 13.5. The number of carbonyl (C=O) groups is 2. The molecule has 2 amide bonds. The lowest BCUT2D eigenvalue weighted by molar-refractivity contribution is -0.130. The predicted molar refractivity (Wildman–Crippen MR) is 143 cm³/mol. The number of fused-ring (bicyclic) bond motifs is 1. The fourth-order valence-electron chi connectivity index (χ4n) is 4.25. The van der Waals surface area contributed by atoms with Crippen molar-refractivity contribution in [2.75, 3.05) is 37.8 Å². The quantitative estimate of drug-likeness (QED) is 0.369. The second-order valence-electron chi connectivity index (χ2n) is 8.79. The second-order valence-corrected chi connectivity index (χ2v) is 9.20. The number of hydrogen-bond donors (Lipinski definition) is 1. The third-order valence-corrected chi connectivity index (χ3v) is 6.46. The minimum Gasteiger partial charge on any atom is -0.491 e. The van der Waals surface area contributed by atoms with Crippen LogP contribution in [0.4, 0.5) is 5.69 Å². The number of amides is 2. The second kappa shape index (κ2) is 13.2. The zero-order valence-corrected chi connectivity index (χ0v) is 21.4. The molecule has 1 heterocycles. The molecule has 0 atom stereocenters. The molecule has 1 aliphatic rings. The Bertz CT molecular complexity index is 1200. The Balaban J connectivity index is 1.39. The van der Waals surface area contributed by atoms with E-state index in [4.69, 9.17) is 26.2 Å². The average molecular weight is 523 g/mol. The minimum atomic E-state index is -0.351. The summed E-state index contributed by atoms with van der Waals surface area (Å²) in [6.07, 6.45) is 1.64. The predicted octanol–water partition coefficient (Wildman–Crippen LogP) is 4.70. The van der Waals surface area contributed by atoms with E-state index in [1.54, 1.807) is 23.1 Å². The van der Waals surface area contributed by atoms with Crippen LogP contribution in [0.3, 0.4) is 0 Å². The van der Waals surface area contributed by atoms with Crippen LogP contribution in [0.5, 0.6) is 5.75 Å². The van der Waals surface area contributed by atoms with E-state index in [0.29, 0.717) is 37.7 Å². The van der Waals surface area contributed by atoms with Gasteiger partial charge in [0.15, 0.2) is 0 Å². The fraction of sp³-hybridized carbons (Fsp3) is 0.310. The van der Waals surface area contributed by atoms with Crippen LogP contribution in [0.2, 0.25) is 5.02 Å². The van der Waals surface area contributed by atoms with Gasteiger partial charge in [0, 0.05) is 25.4 Å². The summed E-state index contributed by atoms with van der Waals surface area (Å²) in [6.45, 7) is 2.15. The number of benzene rings is 3. The molecule has 8 heteroatoms. The molecule has 194 valence electrons. The van der Waals surface area contributed by atoms with Crippen LogP contribution in [-0.2, 0) is 22.7 Å². The molecule has 7 nitrogen and oxygen atoms in total. The zero-order chi connectivity index (χ0) is 26.0. The number of hydrogen-bond acceptors (Lipinski definition) is 5. The van der Waals surface area contributed by atoms with Crippen molar-refractivity contribution in [2.24, 2.45) is 0 Å². The summed E-state index contributed by atoms with van der Waals surface area (Å²) in [5.41, 5.74) is 3.02. The number of rotatable bonds is 11. The Morgan fingerprint density at radius 3 is 2.51 bits per heavy atom. The van der Waals surface area contributed by atoms with E-state index in [1.807, 2.05) is 54.6 Å². The van der Waals surface area contributed by atoms with Crippen LogP contribution >= 0.6 is 11.6 Å². The van der Waals surface area contributed by atoms with Gasteiger partial charge in [0.05, 0.1) is 23.8 Å². The molecule has 0 unspecified atom stereocenters. The highest BCUT2D eigenvalue weighted by Crippen LogP contribution is 2.30. The van der Waals surface area contributed by atoms with Crippen molar-refractivity contribution in [3.05, 3.63) is 94.5 Å². The number of unbranched alkanes of at least 4 members (excludes halogenated alkanes) is 1. The van der Waals surface area contributed by atoms with Gasteiger partial charge in [0.1, 0.15) is 18.9 Å². The molecule has 3 aromatic carbocycles. The maximum absolute atomic E-state index is 13.5. The highest BCUT2D eigenvalue weighted by atomic mass is 35.5. The van der Waals surface area contributed by atoms with Gasteiger partial charge in [-0.3, -0.25) is 14.5 Å². The molecule has 0 radical (unpaired) electrons. The summed E-state index contributed by atoms with van der Waals surface area (Å²) >= 11 is 6.41. The van der Waals surface area contributed by atoms with Crippen molar-refractivity contribution in [2.45, 2.75) is 26.0 Å². The van der Waals surface area contributed by atoms with Crippen LogP contribution in [0.15, 0.2) is 72.8 Å². The van der Waals surface area contributed by atoms with Gasteiger partial charge in [-0.1, -0.05) is 60.1 Å². The number of nitrogens with zero attached hydrogens (tertiary/aromatic N) is 2. The number of halogens is 1. The number of aliphatic hydroxyl groups excluding tert-OH is 1. The Kier molecular flexibility index (Phi) is 9.54. The molecule has 1 aliphatic heterocycles. The van der Waals surface area contributed by atoms with Gasteiger partial charge in [0.25, 0.3) is 5.91 Å². The maximum Gasteiger partial charge on any atom is 0.260 e. The molecule has 37 heavy (non-hydrogen) atoms. The molecule has 0 saturated carbocycles. The lowest BCUT2D eigenvalue weighted by atomic mass is 10.1. The molecule has 0 fully saturated rings. The van der Waals surface area contributed by atoms with Gasteiger partial charge in [-0.15, -0.1) is 0 Å². The monoisotopic (exact) mass is 522 g/mol. The Hall–Kier alpha value is -3.39. The van der Waals surface area contributed by atoms with E-state index in [9.17, 15) is 9.59 Å². The molecule has 0 spiro atoms. The molecule has 3 aromatic rings. The first-order valence-electron chi connectivity index (χ1n) is 12.4. The third-order valence-electron chi connectivity index (χ3n) is 6.14. The standard InChI is InChI=1S/C29H31ClN2O5/c30-26-18-24(37-17-15-33)12-13-25(26)29(35)32-20-28(34)31(19-23-10-4-5-11-27(23)32)14-6-7-16-36-21-22-8-2-1-3-9-22/h1-5,8-13,18,33H,6-7,14-17,19-21H2. The number of aliphatic hydroxyl groups is 1. The molecule has 0 saturated heterocycles. The van der Waals surface area contributed by atoms with E-state index in [0.717, 1.165) is 24.0 Å². The first-order valence-corrected chi connectivity index (χ1v) is 12.8. The first-order chi connectivity index (χ1) is 18.1. The lowest BCUT2D eigenvalue weighted by Gasteiger charge is -2.23. The van der Waals surface area contributed by atoms with Gasteiger partial charge < -0.3 is 19.5 Å². The minimum absolute atomic E-state index is 0.0700. The summed E-state index contributed by atoms with van der Waals surface area (Å²) in [5.74, 6) is -0.00804. The Morgan fingerprint density at radius 2 is 1.73 bits per heavy atom. The highest BCUT2D eigenvalue weighted by molar-refractivity contribution is 6.34. The molecule has 4 rings (SSSR count). The van der Waals surface area contributed by atoms with Crippen molar-refractivity contribution < 1.29 is 24.2 Å². The number of para-hydroxylation sites is 1. The number of ether oxygens (including phenoxy) is 2. The smallest absolute Gasteiger partial charge is 0.260 e. The number of carbonyl (C=O) groups excluding carboxylic acids is 2. The van der Waals surface area contributed by atoms with Gasteiger partial charge in [-0.2, -0.15) is 0 Å². The van der Waals surface area contributed by atoms with Crippen molar-refractivity contribution >= 4 is 29.1 Å². The van der Waals surface area contributed by atoms with E-state index >= 15 is 0 Å². The molecule has 1 N–H and O–H groups in total. The first kappa shape index (κ1) is 26.7. The van der Waals surface area contributed by atoms with Crippen molar-refractivity contribution in [1.82, 2.24) is 4.90 Å². The summed E-state index contributed by atoms with van der Waals surface area (Å²) in [6, 6.07) is 22.4. The van der Waals surface area contributed by atoms with Gasteiger partial charge in [0.2, 0.25) is 5.91 Å². The van der Waals surface area contributed by atoms with Crippen LogP contribution in [0.25, 0.3) is 0 Å². The largest absolute Gasteiger partial charge is 0.491 e. The van der Waals surface area contributed by atoms with E-state index in [2.05, 4.69) is 0 Å². The molecule has 0 aliphatic carbocycles. The van der Waals surface area contributed by atoms with Crippen molar-refractivity contribution in [3.63, 3.8) is 0 Å². The van der Waals surface area contributed by atoms with Crippen LogP contribution in [0, 0.1) is 0 Å². The Morgan fingerprint density at radius 1 is 0.946 bits per heavy atom. The van der Waals surface area contributed by atoms with Gasteiger partial charge in [-0.25, -0.2) is 0 Å². The Labute approximate surface area is 222 Å². The molecular formula is C29H31ClN2O5. The zero-order valence-electron chi connectivity index (χ0n) is 20.6. The van der Waals surface area contributed by atoms with Crippen LogP contribution < -0.4 is 9.64 Å². The summed E-state index contributed by atoms with van der Waals surface area (Å²) in [7, 11) is 0. The SMILES string of the molecule is O=C1CN(C(=O)c2ccc(OCCO)cc2Cl)c2ccccc2CN1CCCCOCc1ccccc1. The van der Waals surface area contributed by atoms with E-state index < -0.39 is 0 Å². The van der Waals surface area contributed by atoms with Gasteiger partial charge >= 0.3 is 0 Å². The molecular weight excluding hydrogens is 492 g/mol. The summed E-state index contributed by atoms with van der Waals surface area (Å²) in [4.78, 5) is 30.1. The summed E-state index contributed by atoms with van der Waals surface area (Å²) < 4.78 is 11.1. The molecule has 0 aromatic heterocycles. The lowest BCUT2D eigenvalue weighted by Crippen LogP contribution is -2.40. The van der Waals surface area contributed by atoms with Gasteiger partial charge in [-0.05, 0) is 48.2 Å². The topological polar surface area (TPSA) is 79.3 Å². The fourth-order valence-corrected chi connectivity index (χ4v) is 4.50. The van der Waals surface area contributed by atoms with E-state index in [-0.39, 0.29) is 42.2 Å². The van der Waals surface area contributed by atoms with Crippen LogP contribution in [0.1, 0.15) is 34.3 Å². The third kappa shape index (κ3) is 7.10. The highest BCUT2D eigenvalue weighted by Gasteiger charge is 2.30. The summed E-state index contributed by atoms with van der Waals surface area (Å²) in [5, 5.41) is 9.17. The molecule has 0 bridgehead atoms. The van der Waals surface area contributed by atoms with Crippen LogP contribution in [-0.4, -0.2) is 54.7 Å². The van der Waals surface area contributed by atoms with Crippen molar-refractivity contribution in [1.29, 1.82) is 0 Å². The van der Waals surface area contributed by atoms with Crippen molar-refractivity contribution in [3.8, 4) is 5.75 Å². The normalized spacial score (nSPS) is 13.3. The van der Waals surface area contributed by atoms with E-state index in [1.165, 1.54) is 4.90 Å². The number of anilines is 1.